The van der Waals surface area contributed by atoms with Crippen molar-refractivity contribution in [2.45, 2.75) is 31.7 Å². The standard InChI is InChI=1S/C23H25N5/c1-18(19-9-11-20(12-10-19)22-13-14-25-27(22)3)23(2,15-28-17-24-16-26-28)21-7-5-4-6-8-21/h4-14,16-18H,15H2,1-3H3/t18-,23-/m0/s1. The Morgan fingerprint density at radius 3 is 2.32 bits per heavy atom. The van der Waals surface area contributed by atoms with E-state index in [4.69, 9.17) is 0 Å². The zero-order valence-electron chi connectivity index (χ0n) is 16.5. The molecular formula is C23H25N5. The molecule has 0 fully saturated rings. The largest absolute Gasteiger partial charge is 0.268 e. The van der Waals surface area contributed by atoms with E-state index in [1.54, 1.807) is 12.7 Å². The van der Waals surface area contributed by atoms with Gasteiger partial charge in [0.2, 0.25) is 0 Å². The van der Waals surface area contributed by atoms with Crippen LogP contribution < -0.4 is 0 Å². The molecule has 0 saturated heterocycles. The van der Waals surface area contributed by atoms with Crippen molar-refractivity contribution in [3.05, 3.63) is 90.6 Å². The van der Waals surface area contributed by atoms with Crippen molar-refractivity contribution in [1.82, 2.24) is 24.5 Å². The van der Waals surface area contributed by atoms with Crippen LogP contribution in [0.4, 0.5) is 0 Å². The van der Waals surface area contributed by atoms with E-state index >= 15 is 0 Å². The van der Waals surface area contributed by atoms with E-state index in [2.05, 4.69) is 83.6 Å². The van der Waals surface area contributed by atoms with Crippen molar-refractivity contribution in [2.24, 2.45) is 7.05 Å². The molecule has 0 bridgehead atoms. The molecule has 0 N–H and O–H groups in total. The van der Waals surface area contributed by atoms with Gasteiger partial charge in [0, 0.05) is 18.7 Å². The SMILES string of the molecule is C[C@@H](c1ccc(-c2ccnn2C)cc1)[C@](C)(Cn1cncn1)c1ccccc1. The molecule has 0 aliphatic carbocycles. The van der Waals surface area contributed by atoms with Gasteiger partial charge in [-0.3, -0.25) is 9.36 Å². The number of aromatic nitrogens is 5. The molecule has 0 radical (unpaired) electrons. The molecule has 0 amide bonds. The lowest BCUT2D eigenvalue weighted by atomic mass is 9.69. The minimum absolute atomic E-state index is 0.122. The summed E-state index contributed by atoms with van der Waals surface area (Å²) in [6.45, 7) is 5.37. The zero-order chi connectivity index (χ0) is 19.6. The van der Waals surface area contributed by atoms with Crippen LogP contribution in [0.15, 0.2) is 79.5 Å². The first kappa shape index (κ1) is 18.2. The number of hydrogen-bond donors (Lipinski definition) is 0. The highest BCUT2D eigenvalue weighted by Crippen LogP contribution is 2.40. The lowest BCUT2D eigenvalue weighted by Gasteiger charge is -2.36. The summed E-state index contributed by atoms with van der Waals surface area (Å²) >= 11 is 0. The topological polar surface area (TPSA) is 48.5 Å². The predicted octanol–water partition coefficient (Wildman–Crippen LogP) is 4.44. The molecule has 2 aromatic carbocycles. The third-order valence-electron chi connectivity index (χ3n) is 5.87. The molecule has 2 aromatic heterocycles. The third kappa shape index (κ3) is 3.36. The van der Waals surface area contributed by atoms with Gasteiger partial charge in [-0.15, -0.1) is 0 Å². The molecule has 5 nitrogen and oxygen atoms in total. The molecule has 0 aliphatic heterocycles. The van der Waals surface area contributed by atoms with E-state index in [1.807, 2.05) is 28.7 Å². The Hall–Kier alpha value is -3.21. The Morgan fingerprint density at radius 1 is 0.964 bits per heavy atom. The highest BCUT2D eigenvalue weighted by Gasteiger charge is 2.35. The van der Waals surface area contributed by atoms with Crippen LogP contribution in [0.5, 0.6) is 0 Å². The van der Waals surface area contributed by atoms with Gasteiger partial charge in [0.15, 0.2) is 0 Å². The Bertz CT molecular complexity index is 1020. The van der Waals surface area contributed by atoms with Gasteiger partial charge in [0.05, 0.1) is 12.2 Å². The van der Waals surface area contributed by atoms with Gasteiger partial charge in [-0.1, -0.05) is 68.4 Å². The smallest absolute Gasteiger partial charge is 0.137 e. The van der Waals surface area contributed by atoms with Crippen LogP contribution in [0.2, 0.25) is 0 Å². The molecule has 0 unspecified atom stereocenters. The Labute approximate surface area is 165 Å². The molecule has 4 aromatic rings. The fourth-order valence-electron chi connectivity index (χ4n) is 3.92. The molecule has 0 spiro atoms. The summed E-state index contributed by atoms with van der Waals surface area (Å²) < 4.78 is 3.82. The van der Waals surface area contributed by atoms with Crippen molar-refractivity contribution < 1.29 is 0 Å². The fraction of sp³-hybridized carbons (Fsp3) is 0.261. The molecule has 4 rings (SSSR count). The van der Waals surface area contributed by atoms with Gasteiger partial charge >= 0.3 is 0 Å². The van der Waals surface area contributed by atoms with Gasteiger partial charge in [-0.2, -0.15) is 10.2 Å². The Morgan fingerprint density at radius 2 is 1.71 bits per heavy atom. The number of nitrogens with zero attached hydrogens (tertiary/aromatic N) is 5. The maximum Gasteiger partial charge on any atom is 0.137 e. The highest BCUT2D eigenvalue weighted by molar-refractivity contribution is 5.59. The second kappa shape index (κ2) is 7.43. The summed E-state index contributed by atoms with van der Waals surface area (Å²) in [7, 11) is 1.97. The van der Waals surface area contributed by atoms with Crippen molar-refractivity contribution in [2.75, 3.05) is 0 Å². The Balaban J connectivity index is 1.69. The average molecular weight is 371 g/mol. The monoisotopic (exact) mass is 371 g/mol. The number of rotatable bonds is 6. The summed E-state index contributed by atoms with van der Waals surface area (Å²) in [5, 5.41) is 8.63. The first-order valence-corrected chi connectivity index (χ1v) is 9.54. The fourth-order valence-corrected chi connectivity index (χ4v) is 3.92. The third-order valence-corrected chi connectivity index (χ3v) is 5.87. The summed E-state index contributed by atoms with van der Waals surface area (Å²) in [6.07, 6.45) is 5.22. The molecular weight excluding hydrogens is 346 g/mol. The lowest BCUT2D eigenvalue weighted by molar-refractivity contribution is 0.322. The average Bonchev–Trinajstić information content (AvgIpc) is 3.40. The van der Waals surface area contributed by atoms with Gasteiger partial charge in [-0.25, -0.2) is 4.98 Å². The normalized spacial score (nSPS) is 14.5. The van der Waals surface area contributed by atoms with Crippen LogP contribution in [0, 0.1) is 0 Å². The van der Waals surface area contributed by atoms with Crippen molar-refractivity contribution >= 4 is 0 Å². The second-order valence-corrected chi connectivity index (χ2v) is 7.56. The molecule has 0 saturated carbocycles. The van der Waals surface area contributed by atoms with Crippen molar-refractivity contribution in [3.8, 4) is 11.3 Å². The minimum atomic E-state index is -0.122. The maximum atomic E-state index is 4.36. The first-order chi connectivity index (χ1) is 13.6. The quantitative estimate of drug-likeness (QED) is 0.503. The van der Waals surface area contributed by atoms with E-state index in [0.717, 1.165) is 12.2 Å². The van der Waals surface area contributed by atoms with Crippen LogP contribution in [-0.4, -0.2) is 24.5 Å². The molecule has 28 heavy (non-hydrogen) atoms. The first-order valence-electron chi connectivity index (χ1n) is 9.54. The van der Waals surface area contributed by atoms with E-state index in [-0.39, 0.29) is 5.41 Å². The number of aryl methyl sites for hydroxylation is 1. The van der Waals surface area contributed by atoms with Crippen LogP contribution in [-0.2, 0) is 19.0 Å². The summed E-state index contributed by atoms with van der Waals surface area (Å²) in [6, 6.07) is 21.6. The highest BCUT2D eigenvalue weighted by atomic mass is 15.3. The molecule has 2 atom stereocenters. The van der Waals surface area contributed by atoms with Crippen LogP contribution >= 0.6 is 0 Å². The van der Waals surface area contributed by atoms with Crippen LogP contribution in [0.25, 0.3) is 11.3 Å². The van der Waals surface area contributed by atoms with Gasteiger partial charge in [0.25, 0.3) is 0 Å². The zero-order valence-corrected chi connectivity index (χ0v) is 16.5. The van der Waals surface area contributed by atoms with Gasteiger partial charge in [0.1, 0.15) is 12.7 Å². The Kier molecular flexibility index (Phi) is 4.82. The maximum absolute atomic E-state index is 4.36. The molecule has 0 aliphatic rings. The number of benzene rings is 2. The molecule has 5 heteroatoms. The van der Waals surface area contributed by atoms with E-state index in [0.29, 0.717) is 5.92 Å². The lowest BCUT2D eigenvalue weighted by Crippen LogP contribution is -2.34. The van der Waals surface area contributed by atoms with Crippen LogP contribution in [0.1, 0.15) is 30.9 Å². The second-order valence-electron chi connectivity index (χ2n) is 7.56. The summed E-state index contributed by atoms with van der Waals surface area (Å²) in [5.74, 6) is 0.291. The summed E-state index contributed by atoms with van der Waals surface area (Å²) in [4.78, 5) is 4.12. The van der Waals surface area contributed by atoms with E-state index in [9.17, 15) is 0 Å². The number of hydrogen-bond acceptors (Lipinski definition) is 3. The molecule has 142 valence electrons. The van der Waals surface area contributed by atoms with Gasteiger partial charge in [-0.05, 0) is 28.7 Å². The van der Waals surface area contributed by atoms with E-state index in [1.165, 1.54) is 16.7 Å². The van der Waals surface area contributed by atoms with Gasteiger partial charge < -0.3 is 0 Å². The molecule has 2 heterocycles. The van der Waals surface area contributed by atoms with Crippen molar-refractivity contribution in [1.29, 1.82) is 0 Å². The predicted molar refractivity (Wildman–Crippen MR) is 111 cm³/mol. The van der Waals surface area contributed by atoms with Crippen molar-refractivity contribution in [3.63, 3.8) is 0 Å². The van der Waals surface area contributed by atoms with Crippen LogP contribution in [0.3, 0.4) is 0 Å². The van der Waals surface area contributed by atoms with E-state index < -0.39 is 0 Å². The summed E-state index contributed by atoms with van der Waals surface area (Å²) in [5.41, 5.74) is 4.77. The minimum Gasteiger partial charge on any atom is -0.268 e.